The van der Waals surface area contributed by atoms with E-state index in [4.69, 9.17) is 0 Å². The minimum absolute atomic E-state index is 0.766. The van der Waals surface area contributed by atoms with E-state index < -0.39 is 0 Å². The van der Waals surface area contributed by atoms with Crippen molar-refractivity contribution in [3.63, 3.8) is 0 Å². The van der Waals surface area contributed by atoms with Crippen molar-refractivity contribution in [1.82, 2.24) is 10.3 Å². The number of anilines is 1. The quantitative estimate of drug-likeness (QED) is 0.904. The summed E-state index contributed by atoms with van der Waals surface area (Å²) in [5.41, 5.74) is 2.76. The van der Waals surface area contributed by atoms with Gasteiger partial charge >= 0.3 is 0 Å². The molecule has 1 saturated heterocycles. The maximum atomic E-state index is 4.37. The number of hydrogen-bond donors (Lipinski definition) is 1. The molecule has 104 valence electrons. The molecule has 0 aromatic carbocycles. The van der Waals surface area contributed by atoms with Gasteiger partial charge in [-0.05, 0) is 50.3 Å². The third-order valence-corrected chi connectivity index (χ3v) is 4.81. The SMILES string of the molecule is CNCc1ccncc1N1CCCC2CCCCC21. The molecule has 19 heavy (non-hydrogen) atoms. The molecule has 3 nitrogen and oxygen atoms in total. The minimum atomic E-state index is 0.766. The molecule has 0 amide bonds. The van der Waals surface area contributed by atoms with E-state index in [1.54, 1.807) is 0 Å². The normalized spacial score (nSPS) is 27.1. The molecule has 1 N–H and O–H groups in total. The minimum Gasteiger partial charge on any atom is -0.367 e. The second-order valence-corrected chi connectivity index (χ2v) is 5.98. The van der Waals surface area contributed by atoms with Gasteiger partial charge in [0.15, 0.2) is 0 Å². The van der Waals surface area contributed by atoms with Gasteiger partial charge in [0.1, 0.15) is 0 Å². The molecule has 1 aromatic heterocycles. The van der Waals surface area contributed by atoms with E-state index in [1.807, 2.05) is 13.2 Å². The first-order valence-electron chi connectivity index (χ1n) is 7.74. The molecular formula is C16H25N3. The summed E-state index contributed by atoms with van der Waals surface area (Å²) < 4.78 is 0. The molecule has 2 fully saturated rings. The lowest BCUT2D eigenvalue weighted by Gasteiger charge is -2.46. The van der Waals surface area contributed by atoms with Crippen LogP contribution in [0.1, 0.15) is 44.1 Å². The van der Waals surface area contributed by atoms with E-state index in [0.717, 1.165) is 18.5 Å². The van der Waals surface area contributed by atoms with Crippen LogP contribution in [-0.4, -0.2) is 24.6 Å². The van der Waals surface area contributed by atoms with Gasteiger partial charge in [-0.1, -0.05) is 12.8 Å². The summed E-state index contributed by atoms with van der Waals surface area (Å²) in [6.45, 7) is 2.15. The van der Waals surface area contributed by atoms with Crippen LogP contribution in [0.25, 0.3) is 0 Å². The summed E-state index contributed by atoms with van der Waals surface area (Å²) in [5, 5.41) is 3.28. The number of piperidine rings is 1. The number of fused-ring (bicyclic) bond motifs is 1. The number of nitrogens with one attached hydrogen (secondary N) is 1. The second-order valence-electron chi connectivity index (χ2n) is 5.98. The van der Waals surface area contributed by atoms with Crippen LogP contribution in [0.15, 0.2) is 18.5 Å². The van der Waals surface area contributed by atoms with Crippen LogP contribution in [0, 0.1) is 5.92 Å². The highest BCUT2D eigenvalue weighted by Crippen LogP contribution is 2.38. The zero-order chi connectivity index (χ0) is 13.1. The second kappa shape index (κ2) is 5.91. The smallest absolute Gasteiger partial charge is 0.0600 e. The van der Waals surface area contributed by atoms with Gasteiger partial charge in [0.2, 0.25) is 0 Å². The van der Waals surface area contributed by atoms with Crippen LogP contribution in [0.4, 0.5) is 5.69 Å². The fourth-order valence-electron chi connectivity index (χ4n) is 3.94. The molecule has 3 heteroatoms. The van der Waals surface area contributed by atoms with Gasteiger partial charge in [-0.3, -0.25) is 4.98 Å². The van der Waals surface area contributed by atoms with Crippen molar-refractivity contribution in [2.45, 2.75) is 51.1 Å². The van der Waals surface area contributed by atoms with Crippen molar-refractivity contribution in [3.8, 4) is 0 Å². The van der Waals surface area contributed by atoms with Gasteiger partial charge in [-0.25, -0.2) is 0 Å². The standard InChI is InChI=1S/C16H25N3/c1-17-11-14-8-9-18-12-16(14)19-10-4-6-13-5-2-3-7-15(13)19/h8-9,12-13,15,17H,2-7,10-11H2,1H3. The Kier molecular flexibility index (Phi) is 4.02. The number of pyridine rings is 1. The fourth-order valence-corrected chi connectivity index (χ4v) is 3.94. The first-order valence-corrected chi connectivity index (χ1v) is 7.74. The molecule has 2 aliphatic rings. The lowest BCUT2D eigenvalue weighted by Crippen LogP contribution is -2.47. The first kappa shape index (κ1) is 12.9. The van der Waals surface area contributed by atoms with E-state index in [1.165, 1.54) is 56.3 Å². The van der Waals surface area contributed by atoms with E-state index in [2.05, 4.69) is 27.5 Å². The van der Waals surface area contributed by atoms with Gasteiger partial charge in [0, 0.05) is 25.3 Å². The molecule has 0 radical (unpaired) electrons. The fraction of sp³-hybridized carbons (Fsp3) is 0.688. The zero-order valence-electron chi connectivity index (χ0n) is 11.9. The van der Waals surface area contributed by atoms with Gasteiger partial charge in [0.25, 0.3) is 0 Å². The number of aromatic nitrogens is 1. The topological polar surface area (TPSA) is 28.2 Å². The van der Waals surface area contributed by atoms with Crippen molar-refractivity contribution in [2.75, 3.05) is 18.5 Å². The van der Waals surface area contributed by atoms with Crippen LogP contribution in [0.2, 0.25) is 0 Å². The predicted octanol–water partition coefficient (Wildman–Crippen LogP) is 2.96. The average Bonchev–Trinajstić information content (AvgIpc) is 2.48. The van der Waals surface area contributed by atoms with Gasteiger partial charge in [0.05, 0.1) is 11.9 Å². The van der Waals surface area contributed by atoms with Crippen molar-refractivity contribution in [2.24, 2.45) is 5.92 Å². The van der Waals surface area contributed by atoms with Crippen molar-refractivity contribution in [3.05, 3.63) is 24.0 Å². The molecule has 1 aliphatic heterocycles. The third kappa shape index (κ3) is 2.62. The lowest BCUT2D eigenvalue weighted by atomic mass is 9.78. The van der Waals surface area contributed by atoms with E-state index in [9.17, 15) is 0 Å². The maximum absolute atomic E-state index is 4.37. The van der Waals surface area contributed by atoms with Crippen LogP contribution in [0.3, 0.4) is 0 Å². The van der Waals surface area contributed by atoms with E-state index in [-0.39, 0.29) is 0 Å². The first-order chi connectivity index (χ1) is 9.40. The molecule has 2 atom stereocenters. The summed E-state index contributed by atoms with van der Waals surface area (Å²) in [6.07, 6.45) is 12.4. The maximum Gasteiger partial charge on any atom is 0.0600 e. The van der Waals surface area contributed by atoms with Gasteiger partial charge < -0.3 is 10.2 Å². The summed E-state index contributed by atoms with van der Waals surface area (Å²) in [6, 6.07) is 2.93. The van der Waals surface area contributed by atoms with Crippen molar-refractivity contribution >= 4 is 5.69 Å². The molecule has 2 heterocycles. The third-order valence-electron chi connectivity index (χ3n) is 4.81. The Hall–Kier alpha value is -1.09. The van der Waals surface area contributed by atoms with Crippen molar-refractivity contribution in [1.29, 1.82) is 0 Å². The highest BCUT2D eigenvalue weighted by atomic mass is 15.2. The Labute approximate surface area is 116 Å². The Bertz CT molecular complexity index is 416. The Morgan fingerprint density at radius 1 is 1.26 bits per heavy atom. The molecule has 3 rings (SSSR count). The average molecular weight is 259 g/mol. The molecule has 0 bridgehead atoms. The number of hydrogen-bond acceptors (Lipinski definition) is 3. The summed E-state index contributed by atoms with van der Waals surface area (Å²) >= 11 is 0. The predicted molar refractivity (Wildman–Crippen MR) is 79.3 cm³/mol. The molecule has 1 aromatic rings. The molecule has 0 spiro atoms. The van der Waals surface area contributed by atoms with Crippen molar-refractivity contribution < 1.29 is 0 Å². The van der Waals surface area contributed by atoms with Crippen LogP contribution >= 0.6 is 0 Å². The number of nitrogens with zero attached hydrogens (tertiary/aromatic N) is 2. The summed E-state index contributed by atoms with van der Waals surface area (Å²) in [5.74, 6) is 0.921. The highest BCUT2D eigenvalue weighted by Gasteiger charge is 2.33. The Morgan fingerprint density at radius 2 is 2.11 bits per heavy atom. The van der Waals surface area contributed by atoms with Crippen LogP contribution in [-0.2, 0) is 6.54 Å². The zero-order valence-corrected chi connectivity index (χ0v) is 11.9. The van der Waals surface area contributed by atoms with E-state index >= 15 is 0 Å². The molecule has 2 unspecified atom stereocenters. The van der Waals surface area contributed by atoms with E-state index in [0.29, 0.717) is 0 Å². The molecular weight excluding hydrogens is 234 g/mol. The van der Waals surface area contributed by atoms with Gasteiger partial charge in [-0.2, -0.15) is 0 Å². The van der Waals surface area contributed by atoms with Crippen LogP contribution < -0.4 is 10.2 Å². The molecule has 1 aliphatic carbocycles. The van der Waals surface area contributed by atoms with Crippen LogP contribution in [0.5, 0.6) is 0 Å². The summed E-state index contributed by atoms with van der Waals surface area (Å²) in [4.78, 5) is 7.03. The summed E-state index contributed by atoms with van der Waals surface area (Å²) in [7, 11) is 2.02. The Morgan fingerprint density at radius 3 is 3.00 bits per heavy atom. The Balaban J connectivity index is 1.87. The van der Waals surface area contributed by atoms with Gasteiger partial charge in [-0.15, -0.1) is 0 Å². The number of rotatable bonds is 3. The monoisotopic (exact) mass is 259 g/mol. The lowest BCUT2D eigenvalue weighted by molar-refractivity contribution is 0.243. The highest BCUT2D eigenvalue weighted by molar-refractivity contribution is 5.53. The largest absolute Gasteiger partial charge is 0.367 e. The molecule has 1 saturated carbocycles.